The van der Waals surface area contributed by atoms with Crippen LogP contribution < -0.4 is 10.6 Å². The first kappa shape index (κ1) is 24.4. The fourth-order valence-corrected chi connectivity index (χ4v) is 3.90. The van der Waals surface area contributed by atoms with Gasteiger partial charge in [0.2, 0.25) is 5.89 Å². The summed E-state index contributed by atoms with van der Waals surface area (Å²) in [7, 11) is 0. The number of aliphatic imine (C=N–C) groups is 1. The van der Waals surface area contributed by atoms with Crippen LogP contribution in [0.5, 0.6) is 0 Å². The van der Waals surface area contributed by atoms with E-state index >= 15 is 0 Å². The fraction of sp³-hybridized carbons (Fsp3) is 0.783. The Morgan fingerprint density at radius 2 is 1.94 bits per heavy atom. The zero-order chi connectivity index (χ0) is 23.3. The number of nitrogens with one attached hydrogen (secondary N) is 2. The van der Waals surface area contributed by atoms with Gasteiger partial charge in [-0.3, -0.25) is 9.89 Å². The van der Waals surface area contributed by atoms with E-state index in [1.165, 1.54) is 0 Å². The maximum atomic E-state index is 12.1. The van der Waals surface area contributed by atoms with Crippen LogP contribution in [-0.2, 0) is 11.3 Å². The number of carbonyl (C=O) groups excluding carboxylic acids is 1. The van der Waals surface area contributed by atoms with Gasteiger partial charge in [0.25, 0.3) is 0 Å². The third kappa shape index (κ3) is 7.12. The van der Waals surface area contributed by atoms with E-state index in [0.29, 0.717) is 19.0 Å². The summed E-state index contributed by atoms with van der Waals surface area (Å²) in [4.78, 5) is 25.6. The van der Waals surface area contributed by atoms with Gasteiger partial charge in [0.15, 0.2) is 5.96 Å². The second kappa shape index (κ2) is 10.6. The number of hydrogen-bond donors (Lipinski definition) is 2. The molecular formula is C23H40N6O3. The molecule has 0 saturated carbocycles. The van der Waals surface area contributed by atoms with Gasteiger partial charge in [0, 0.05) is 26.2 Å². The standard InChI is InChI=1S/C23H40N6O3/c1-7-24-21(27-19-13-29(14-19)22(30)32-23(4,5)6)25-12-18-8-10-28(11-9-18)15-20-26-16(2)17(3)31-20/h18-19H,7-15H2,1-6H3,(H2,24,25,27). The van der Waals surface area contributed by atoms with Gasteiger partial charge in [0.1, 0.15) is 11.4 Å². The number of aromatic nitrogens is 1. The van der Waals surface area contributed by atoms with E-state index in [0.717, 1.165) is 68.9 Å². The third-order valence-corrected chi connectivity index (χ3v) is 5.86. The Labute approximate surface area is 192 Å². The lowest BCUT2D eigenvalue weighted by Gasteiger charge is -2.40. The molecule has 1 aromatic rings. The molecule has 0 radical (unpaired) electrons. The molecule has 0 atom stereocenters. The van der Waals surface area contributed by atoms with Crippen LogP contribution in [0, 0.1) is 19.8 Å². The summed E-state index contributed by atoms with van der Waals surface area (Å²) in [5, 5.41) is 6.77. The van der Waals surface area contributed by atoms with Gasteiger partial charge in [-0.15, -0.1) is 0 Å². The van der Waals surface area contributed by atoms with Crippen LogP contribution in [0.2, 0.25) is 0 Å². The lowest BCUT2D eigenvalue weighted by molar-refractivity contribution is 0.00700. The average molecular weight is 449 g/mol. The first-order chi connectivity index (χ1) is 15.1. The Balaban J connectivity index is 1.39. The Hall–Kier alpha value is -2.29. The number of oxazole rings is 1. The molecule has 0 bridgehead atoms. The number of hydrogen-bond acceptors (Lipinski definition) is 6. The van der Waals surface area contributed by atoms with Gasteiger partial charge in [-0.2, -0.15) is 0 Å². The Kier molecular flexibility index (Phi) is 8.03. The molecule has 9 heteroatoms. The zero-order valence-electron chi connectivity index (χ0n) is 20.5. The van der Waals surface area contributed by atoms with Crippen molar-refractivity contribution in [3.63, 3.8) is 0 Å². The van der Waals surface area contributed by atoms with E-state index in [1.54, 1.807) is 4.90 Å². The molecule has 0 spiro atoms. The molecular weight excluding hydrogens is 408 g/mol. The molecule has 180 valence electrons. The SMILES string of the molecule is CCNC(=NCC1CCN(Cc2nc(C)c(C)o2)CC1)NC1CN(C(=O)OC(C)(C)C)C1. The molecule has 0 aromatic carbocycles. The second-order valence-corrected chi connectivity index (χ2v) is 9.91. The molecule has 2 aliphatic heterocycles. The molecule has 2 N–H and O–H groups in total. The van der Waals surface area contributed by atoms with Crippen LogP contribution in [0.25, 0.3) is 0 Å². The molecule has 1 aromatic heterocycles. The summed E-state index contributed by atoms with van der Waals surface area (Å²) in [6.45, 7) is 17.4. The molecule has 2 saturated heterocycles. The topological polar surface area (TPSA) is 95.2 Å². The van der Waals surface area contributed by atoms with Crippen LogP contribution in [0.4, 0.5) is 4.79 Å². The number of piperidine rings is 1. The molecule has 32 heavy (non-hydrogen) atoms. The van der Waals surface area contributed by atoms with E-state index in [2.05, 4.69) is 27.4 Å². The summed E-state index contributed by atoms with van der Waals surface area (Å²) >= 11 is 0. The minimum absolute atomic E-state index is 0.204. The highest BCUT2D eigenvalue weighted by Crippen LogP contribution is 2.20. The summed E-state index contributed by atoms with van der Waals surface area (Å²) in [6, 6.07) is 0.204. The van der Waals surface area contributed by atoms with Gasteiger partial charge in [0.05, 0.1) is 18.3 Å². The number of ether oxygens (including phenoxy) is 1. The maximum Gasteiger partial charge on any atom is 0.410 e. The van der Waals surface area contributed by atoms with E-state index < -0.39 is 5.60 Å². The molecule has 3 rings (SSSR count). The molecule has 2 aliphatic rings. The van der Waals surface area contributed by atoms with Crippen LogP contribution in [-0.4, -0.2) is 77.7 Å². The van der Waals surface area contributed by atoms with Crippen LogP contribution in [0.15, 0.2) is 9.41 Å². The predicted octanol–water partition coefficient (Wildman–Crippen LogP) is 2.68. The lowest BCUT2D eigenvalue weighted by Crippen LogP contribution is -2.63. The number of guanidine groups is 1. The number of likely N-dealkylation sites (tertiary alicyclic amines) is 2. The van der Waals surface area contributed by atoms with E-state index in [1.807, 2.05) is 34.6 Å². The monoisotopic (exact) mass is 448 g/mol. The quantitative estimate of drug-likeness (QED) is 0.510. The normalized spacial score (nSPS) is 19.1. The number of nitrogens with zero attached hydrogens (tertiary/aromatic N) is 4. The molecule has 1 amide bonds. The van der Waals surface area contributed by atoms with E-state index in [4.69, 9.17) is 14.1 Å². The summed E-state index contributed by atoms with van der Waals surface area (Å²) in [6.07, 6.45) is 1.99. The number of carbonyl (C=O) groups is 1. The van der Waals surface area contributed by atoms with Crippen molar-refractivity contribution in [1.29, 1.82) is 0 Å². The Morgan fingerprint density at radius 3 is 2.50 bits per heavy atom. The van der Waals surface area contributed by atoms with Crippen molar-refractivity contribution in [2.75, 3.05) is 39.3 Å². The van der Waals surface area contributed by atoms with Gasteiger partial charge in [-0.05, 0) is 73.4 Å². The lowest BCUT2D eigenvalue weighted by atomic mass is 9.97. The van der Waals surface area contributed by atoms with E-state index in [9.17, 15) is 4.79 Å². The van der Waals surface area contributed by atoms with Gasteiger partial charge >= 0.3 is 6.09 Å². The van der Waals surface area contributed by atoms with Gasteiger partial charge in [-0.1, -0.05) is 0 Å². The van der Waals surface area contributed by atoms with Gasteiger partial charge < -0.3 is 24.7 Å². The van der Waals surface area contributed by atoms with Crippen molar-refractivity contribution in [1.82, 2.24) is 25.4 Å². The summed E-state index contributed by atoms with van der Waals surface area (Å²) in [5.41, 5.74) is 0.516. The highest BCUT2D eigenvalue weighted by molar-refractivity contribution is 5.80. The van der Waals surface area contributed by atoms with E-state index in [-0.39, 0.29) is 12.1 Å². The minimum atomic E-state index is -0.464. The maximum absolute atomic E-state index is 12.1. The largest absolute Gasteiger partial charge is 0.444 e. The highest BCUT2D eigenvalue weighted by atomic mass is 16.6. The van der Waals surface area contributed by atoms with Crippen molar-refractivity contribution in [3.05, 3.63) is 17.3 Å². The van der Waals surface area contributed by atoms with Crippen LogP contribution >= 0.6 is 0 Å². The first-order valence-corrected chi connectivity index (χ1v) is 11.8. The molecule has 2 fully saturated rings. The van der Waals surface area contributed by atoms with Crippen molar-refractivity contribution in [3.8, 4) is 0 Å². The zero-order valence-corrected chi connectivity index (χ0v) is 20.5. The molecule has 3 heterocycles. The summed E-state index contributed by atoms with van der Waals surface area (Å²) in [5.74, 6) is 3.13. The smallest absolute Gasteiger partial charge is 0.410 e. The average Bonchev–Trinajstić information content (AvgIpc) is 2.99. The Bertz CT molecular complexity index is 767. The molecule has 0 unspecified atom stereocenters. The molecule has 9 nitrogen and oxygen atoms in total. The van der Waals surface area contributed by atoms with Crippen LogP contribution in [0.3, 0.4) is 0 Å². The van der Waals surface area contributed by atoms with Crippen molar-refractivity contribution < 1.29 is 13.9 Å². The van der Waals surface area contributed by atoms with Crippen LogP contribution in [0.1, 0.15) is 57.9 Å². The molecule has 0 aliphatic carbocycles. The minimum Gasteiger partial charge on any atom is -0.444 e. The van der Waals surface area contributed by atoms with Crippen molar-refractivity contribution >= 4 is 12.1 Å². The first-order valence-electron chi connectivity index (χ1n) is 11.8. The third-order valence-electron chi connectivity index (χ3n) is 5.86. The number of aryl methyl sites for hydroxylation is 2. The fourth-order valence-electron chi connectivity index (χ4n) is 3.90. The van der Waals surface area contributed by atoms with Gasteiger partial charge in [-0.25, -0.2) is 9.78 Å². The predicted molar refractivity (Wildman–Crippen MR) is 125 cm³/mol. The van der Waals surface area contributed by atoms with Crippen molar-refractivity contribution in [2.24, 2.45) is 10.9 Å². The van der Waals surface area contributed by atoms with Crippen molar-refractivity contribution in [2.45, 2.75) is 72.6 Å². The Morgan fingerprint density at radius 1 is 1.25 bits per heavy atom. The number of rotatable bonds is 6. The second-order valence-electron chi connectivity index (χ2n) is 9.91. The number of amides is 1. The summed E-state index contributed by atoms with van der Waals surface area (Å²) < 4.78 is 11.1. The highest BCUT2D eigenvalue weighted by Gasteiger charge is 2.34.